The van der Waals surface area contributed by atoms with E-state index in [2.05, 4.69) is 15.3 Å². The van der Waals surface area contributed by atoms with Gasteiger partial charge in [-0.25, -0.2) is 14.4 Å². The molecule has 1 heterocycles. The van der Waals surface area contributed by atoms with E-state index in [4.69, 9.17) is 19.9 Å². The van der Waals surface area contributed by atoms with Crippen molar-refractivity contribution in [1.29, 1.82) is 0 Å². The lowest BCUT2D eigenvalue weighted by molar-refractivity contribution is -0.118. The van der Waals surface area contributed by atoms with Crippen LogP contribution in [-0.2, 0) is 9.53 Å². The molecule has 0 unspecified atom stereocenters. The maximum Gasteiger partial charge on any atom is 0.217 e. The number of carbonyl (C=O) groups excluding carboxylic acids is 1. The van der Waals surface area contributed by atoms with Crippen molar-refractivity contribution in [3.63, 3.8) is 0 Å². The van der Waals surface area contributed by atoms with Crippen molar-refractivity contribution < 1.29 is 23.4 Å². The molecule has 3 aromatic rings. The second-order valence-electron chi connectivity index (χ2n) is 6.89. The van der Waals surface area contributed by atoms with Crippen LogP contribution >= 0.6 is 0 Å². The fourth-order valence-corrected chi connectivity index (χ4v) is 2.91. The normalized spacial score (nSPS) is 10.8. The van der Waals surface area contributed by atoms with Crippen LogP contribution in [0.1, 0.15) is 18.4 Å². The number of halogens is 1. The topological polar surface area (TPSA) is 109 Å². The minimum Gasteiger partial charge on any atom is -0.490 e. The molecule has 0 radical (unpaired) electrons. The number of aromatic nitrogens is 2. The van der Waals surface area contributed by atoms with Gasteiger partial charge in [-0.1, -0.05) is 0 Å². The molecule has 1 aromatic heterocycles. The van der Waals surface area contributed by atoms with E-state index < -0.39 is 0 Å². The van der Waals surface area contributed by atoms with Crippen LogP contribution in [0.5, 0.6) is 11.5 Å². The van der Waals surface area contributed by atoms with E-state index in [-0.39, 0.29) is 18.1 Å². The Morgan fingerprint density at radius 1 is 1.10 bits per heavy atom. The highest BCUT2D eigenvalue weighted by molar-refractivity contribution is 5.93. The van der Waals surface area contributed by atoms with Gasteiger partial charge in [0.15, 0.2) is 11.5 Å². The average Bonchev–Trinajstić information content (AvgIpc) is 2.74. The van der Waals surface area contributed by atoms with Crippen molar-refractivity contribution in [1.82, 2.24) is 9.97 Å². The first-order chi connectivity index (χ1) is 15.0. The molecule has 31 heavy (non-hydrogen) atoms. The predicted octanol–water partition coefficient (Wildman–Crippen LogP) is 3.49. The van der Waals surface area contributed by atoms with E-state index in [1.807, 2.05) is 0 Å². The zero-order valence-electron chi connectivity index (χ0n) is 17.5. The molecule has 2 aromatic carbocycles. The van der Waals surface area contributed by atoms with Gasteiger partial charge in [-0.05, 0) is 43.2 Å². The Hall–Kier alpha value is -3.46. The number of anilines is 2. The third kappa shape index (κ3) is 6.02. The number of fused-ring (bicyclic) bond motifs is 1. The summed E-state index contributed by atoms with van der Waals surface area (Å²) < 4.78 is 30.3. The molecule has 8 nitrogen and oxygen atoms in total. The van der Waals surface area contributed by atoms with E-state index in [0.29, 0.717) is 65.7 Å². The highest BCUT2D eigenvalue weighted by Gasteiger charge is 2.13. The third-order valence-electron chi connectivity index (χ3n) is 4.49. The van der Waals surface area contributed by atoms with Gasteiger partial charge >= 0.3 is 0 Å². The number of amides is 1. The van der Waals surface area contributed by atoms with E-state index in [9.17, 15) is 9.18 Å². The molecule has 0 saturated heterocycles. The van der Waals surface area contributed by atoms with Crippen LogP contribution in [0.25, 0.3) is 10.9 Å². The standard InChI is InChI=1S/C22H25FN4O4/c1-14-10-15(5-6-17(14)23)27-22-16-11-19(30-7-3-4-21(24)28)20(31-9-8-29-2)12-18(16)25-13-26-22/h5-6,10-13H,3-4,7-9H2,1-2H3,(H2,24,28)(H,25,26,27). The van der Waals surface area contributed by atoms with Gasteiger partial charge in [-0.2, -0.15) is 0 Å². The lowest BCUT2D eigenvalue weighted by Crippen LogP contribution is -2.12. The second-order valence-corrected chi connectivity index (χ2v) is 6.89. The number of nitrogens with zero attached hydrogens (tertiary/aromatic N) is 2. The predicted molar refractivity (Wildman–Crippen MR) is 115 cm³/mol. The van der Waals surface area contributed by atoms with Gasteiger partial charge in [-0.15, -0.1) is 0 Å². The van der Waals surface area contributed by atoms with Crippen LogP contribution in [0.3, 0.4) is 0 Å². The minimum atomic E-state index is -0.381. The van der Waals surface area contributed by atoms with Gasteiger partial charge in [0.2, 0.25) is 5.91 Å². The van der Waals surface area contributed by atoms with Gasteiger partial charge in [0.25, 0.3) is 0 Å². The number of aryl methyl sites for hydroxylation is 1. The van der Waals surface area contributed by atoms with Gasteiger partial charge in [-0.3, -0.25) is 4.79 Å². The first-order valence-corrected chi connectivity index (χ1v) is 9.82. The van der Waals surface area contributed by atoms with Crippen molar-refractivity contribution >= 4 is 28.3 Å². The van der Waals surface area contributed by atoms with Gasteiger partial charge in [0.1, 0.15) is 24.6 Å². The van der Waals surface area contributed by atoms with Crippen LogP contribution in [0.2, 0.25) is 0 Å². The summed E-state index contributed by atoms with van der Waals surface area (Å²) >= 11 is 0. The molecule has 0 saturated carbocycles. The maximum absolute atomic E-state index is 13.6. The molecule has 0 atom stereocenters. The highest BCUT2D eigenvalue weighted by Crippen LogP contribution is 2.35. The van der Waals surface area contributed by atoms with Crippen LogP contribution in [0, 0.1) is 12.7 Å². The highest BCUT2D eigenvalue weighted by atomic mass is 19.1. The number of methoxy groups -OCH3 is 1. The first-order valence-electron chi connectivity index (χ1n) is 9.82. The summed E-state index contributed by atoms with van der Waals surface area (Å²) in [5, 5.41) is 3.90. The van der Waals surface area contributed by atoms with Gasteiger partial charge in [0.05, 0.1) is 18.7 Å². The lowest BCUT2D eigenvalue weighted by atomic mass is 10.2. The zero-order valence-corrected chi connectivity index (χ0v) is 17.5. The fraction of sp³-hybridized carbons (Fsp3) is 0.318. The molecule has 9 heteroatoms. The van der Waals surface area contributed by atoms with Crippen LogP contribution in [0.4, 0.5) is 15.9 Å². The van der Waals surface area contributed by atoms with E-state index in [1.165, 1.54) is 12.4 Å². The first kappa shape index (κ1) is 22.2. The number of nitrogens with one attached hydrogen (secondary N) is 1. The minimum absolute atomic E-state index is 0.229. The van der Waals surface area contributed by atoms with Crippen molar-refractivity contribution in [3.8, 4) is 11.5 Å². The van der Waals surface area contributed by atoms with E-state index >= 15 is 0 Å². The molecule has 0 aliphatic carbocycles. The Kier molecular flexibility index (Phi) is 7.55. The van der Waals surface area contributed by atoms with Crippen molar-refractivity contribution in [2.75, 3.05) is 32.2 Å². The Morgan fingerprint density at radius 3 is 2.61 bits per heavy atom. The Morgan fingerprint density at radius 2 is 1.87 bits per heavy atom. The number of benzene rings is 2. The molecule has 0 aliphatic rings. The fourth-order valence-electron chi connectivity index (χ4n) is 2.91. The average molecular weight is 428 g/mol. The Labute approximate surface area is 179 Å². The quantitative estimate of drug-likeness (QED) is 0.450. The molecule has 164 valence electrons. The molecule has 3 rings (SSSR count). The Balaban J connectivity index is 1.91. The summed E-state index contributed by atoms with van der Waals surface area (Å²) in [7, 11) is 1.59. The van der Waals surface area contributed by atoms with E-state index in [0.717, 1.165) is 0 Å². The van der Waals surface area contributed by atoms with Gasteiger partial charge in [0, 0.05) is 30.7 Å². The number of primary amides is 1. The van der Waals surface area contributed by atoms with Crippen LogP contribution in [0.15, 0.2) is 36.7 Å². The molecular weight excluding hydrogens is 403 g/mol. The largest absolute Gasteiger partial charge is 0.490 e. The zero-order chi connectivity index (χ0) is 22.2. The summed E-state index contributed by atoms with van der Waals surface area (Å²) in [6.07, 6.45) is 2.15. The summed E-state index contributed by atoms with van der Waals surface area (Å²) in [6, 6.07) is 8.28. The number of ether oxygens (including phenoxy) is 3. The number of hydrogen-bond donors (Lipinski definition) is 2. The number of carbonyl (C=O) groups is 1. The van der Waals surface area contributed by atoms with Crippen molar-refractivity contribution in [2.24, 2.45) is 5.73 Å². The summed E-state index contributed by atoms with van der Waals surface area (Å²) in [6.45, 7) is 2.74. The summed E-state index contributed by atoms with van der Waals surface area (Å²) in [5.41, 5.74) is 7.06. The summed E-state index contributed by atoms with van der Waals surface area (Å²) in [5.74, 6) is 0.879. The molecule has 0 bridgehead atoms. The third-order valence-corrected chi connectivity index (χ3v) is 4.49. The summed E-state index contributed by atoms with van der Waals surface area (Å²) in [4.78, 5) is 19.6. The van der Waals surface area contributed by atoms with E-state index in [1.54, 1.807) is 38.3 Å². The molecular formula is C22H25FN4O4. The SMILES string of the molecule is COCCOc1cc2ncnc(Nc3ccc(F)c(C)c3)c2cc1OCCCC(N)=O. The Bertz CT molecular complexity index is 1060. The number of rotatable bonds is 11. The molecule has 3 N–H and O–H groups in total. The molecule has 0 fully saturated rings. The van der Waals surface area contributed by atoms with Crippen LogP contribution in [-0.4, -0.2) is 42.8 Å². The van der Waals surface area contributed by atoms with Crippen molar-refractivity contribution in [3.05, 3.63) is 48.0 Å². The monoisotopic (exact) mass is 428 g/mol. The second kappa shape index (κ2) is 10.5. The van der Waals surface area contributed by atoms with Crippen LogP contribution < -0.4 is 20.5 Å². The number of hydrogen-bond acceptors (Lipinski definition) is 7. The lowest BCUT2D eigenvalue weighted by Gasteiger charge is -2.15. The van der Waals surface area contributed by atoms with Gasteiger partial charge < -0.3 is 25.3 Å². The number of nitrogens with two attached hydrogens (primary N) is 1. The molecule has 1 amide bonds. The van der Waals surface area contributed by atoms with Crippen molar-refractivity contribution in [2.45, 2.75) is 19.8 Å². The molecule has 0 aliphatic heterocycles. The molecule has 0 spiro atoms. The smallest absolute Gasteiger partial charge is 0.217 e. The maximum atomic E-state index is 13.6.